The lowest BCUT2D eigenvalue weighted by atomic mass is 10.1. The maximum atomic E-state index is 12.9. The summed E-state index contributed by atoms with van der Waals surface area (Å²) in [6.07, 6.45) is 1.83. The fourth-order valence-electron chi connectivity index (χ4n) is 2.34. The Kier molecular flexibility index (Phi) is 5.10. The zero-order valence-electron chi connectivity index (χ0n) is 12.8. The van der Waals surface area contributed by atoms with Crippen LogP contribution in [0.3, 0.4) is 0 Å². The van der Waals surface area contributed by atoms with E-state index in [1.807, 2.05) is 0 Å². The van der Waals surface area contributed by atoms with Gasteiger partial charge in [-0.15, -0.1) is 11.3 Å². The number of thiophene rings is 1. The van der Waals surface area contributed by atoms with Crippen molar-refractivity contribution in [3.63, 3.8) is 0 Å². The van der Waals surface area contributed by atoms with Gasteiger partial charge in [0.15, 0.2) is 0 Å². The van der Waals surface area contributed by atoms with Crippen molar-refractivity contribution in [1.29, 1.82) is 0 Å². The molecule has 1 N–H and O–H groups in total. The number of carbonyl (C=O) groups excluding carboxylic acids is 3. The Morgan fingerprint density at radius 2 is 1.84 bits per heavy atom. The van der Waals surface area contributed by atoms with Crippen molar-refractivity contribution >= 4 is 51.2 Å². The first-order chi connectivity index (χ1) is 11.9. The molecule has 1 fully saturated rings. The van der Waals surface area contributed by atoms with E-state index in [4.69, 9.17) is 0 Å². The SMILES string of the molecule is O=C1NC(=O)N(CCc2ccc(F)cc2)C(=O)/C1=C/c1ccc(Br)s1. The molecule has 25 heavy (non-hydrogen) atoms. The van der Waals surface area contributed by atoms with Crippen LogP contribution in [0.15, 0.2) is 45.8 Å². The summed E-state index contributed by atoms with van der Waals surface area (Å²) in [5.41, 5.74) is 0.694. The Balaban J connectivity index is 1.78. The standard InChI is InChI=1S/C17H12BrFN2O3S/c18-14-6-5-12(25-14)9-13-15(22)20-17(24)21(16(13)23)8-7-10-1-3-11(19)4-2-10/h1-6,9H,7-8H2,(H,20,22,24)/b13-9+. The van der Waals surface area contributed by atoms with Gasteiger partial charge in [-0.1, -0.05) is 12.1 Å². The van der Waals surface area contributed by atoms with Crippen LogP contribution in [0.5, 0.6) is 0 Å². The van der Waals surface area contributed by atoms with Crippen LogP contribution in [0.25, 0.3) is 6.08 Å². The number of hydrogen-bond acceptors (Lipinski definition) is 4. The van der Waals surface area contributed by atoms with Gasteiger partial charge in [-0.2, -0.15) is 0 Å². The predicted octanol–water partition coefficient (Wildman–Crippen LogP) is 3.35. The molecule has 2 heterocycles. The van der Waals surface area contributed by atoms with E-state index >= 15 is 0 Å². The van der Waals surface area contributed by atoms with Gasteiger partial charge in [0, 0.05) is 11.4 Å². The second-order valence-electron chi connectivity index (χ2n) is 5.29. The third kappa shape index (κ3) is 4.02. The first kappa shape index (κ1) is 17.5. The molecule has 128 valence electrons. The molecule has 1 aliphatic rings. The third-order valence-electron chi connectivity index (χ3n) is 3.60. The fraction of sp³-hybridized carbons (Fsp3) is 0.118. The minimum Gasteiger partial charge on any atom is -0.273 e. The molecule has 1 aromatic carbocycles. The van der Waals surface area contributed by atoms with Gasteiger partial charge in [0.2, 0.25) is 0 Å². The number of nitrogens with one attached hydrogen (secondary N) is 1. The average Bonchev–Trinajstić information content (AvgIpc) is 2.98. The molecule has 4 amide bonds. The topological polar surface area (TPSA) is 66.5 Å². The Morgan fingerprint density at radius 1 is 1.12 bits per heavy atom. The highest BCUT2D eigenvalue weighted by molar-refractivity contribution is 9.11. The molecule has 1 saturated heterocycles. The smallest absolute Gasteiger partial charge is 0.273 e. The van der Waals surface area contributed by atoms with Crippen LogP contribution in [-0.4, -0.2) is 29.3 Å². The number of hydrogen-bond donors (Lipinski definition) is 1. The zero-order chi connectivity index (χ0) is 18.0. The van der Waals surface area contributed by atoms with Gasteiger partial charge in [-0.25, -0.2) is 9.18 Å². The number of amides is 4. The van der Waals surface area contributed by atoms with Crippen molar-refractivity contribution in [1.82, 2.24) is 10.2 Å². The molecule has 0 radical (unpaired) electrons. The molecule has 8 heteroatoms. The predicted molar refractivity (Wildman–Crippen MR) is 95.4 cm³/mol. The molecule has 5 nitrogen and oxygen atoms in total. The van der Waals surface area contributed by atoms with Gasteiger partial charge in [-0.05, 0) is 58.3 Å². The van der Waals surface area contributed by atoms with Crippen LogP contribution in [0.2, 0.25) is 0 Å². The molecule has 1 aliphatic heterocycles. The molecule has 0 saturated carbocycles. The average molecular weight is 423 g/mol. The molecule has 0 bridgehead atoms. The van der Waals surface area contributed by atoms with E-state index in [-0.39, 0.29) is 17.9 Å². The molecule has 1 aromatic heterocycles. The number of imide groups is 2. The third-order valence-corrected chi connectivity index (χ3v) is 5.17. The summed E-state index contributed by atoms with van der Waals surface area (Å²) in [5.74, 6) is -1.70. The van der Waals surface area contributed by atoms with Crippen molar-refractivity contribution in [2.24, 2.45) is 0 Å². The lowest BCUT2D eigenvalue weighted by Gasteiger charge is -2.26. The number of rotatable bonds is 4. The highest BCUT2D eigenvalue weighted by Crippen LogP contribution is 2.25. The van der Waals surface area contributed by atoms with Gasteiger partial charge in [0.05, 0.1) is 3.79 Å². The number of barbiturate groups is 1. The highest BCUT2D eigenvalue weighted by atomic mass is 79.9. The van der Waals surface area contributed by atoms with E-state index in [1.165, 1.54) is 29.5 Å². The van der Waals surface area contributed by atoms with Gasteiger partial charge >= 0.3 is 6.03 Å². The molecular formula is C17H12BrFN2O3S. The highest BCUT2D eigenvalue weighted by Gasteiger charge is 2.35. The van der Waals surface area contributed by atoms with E-state index in [9.17, 15) is 18.8 Å². The van der Waals surface area contributed by atoms with Crippen LogP contribution in [0.4, 0.5) is 9.18 Å². The minimum absolute atomic E-state index is 0.0898. The normalized spacial score (nSPS) is 16.5. The zero-order valence-corrected chi connectivity index (χ0v) is 15.2. The monoisotopic (exact) mass is 422 g/mol. The van der Waals surface area contributed by atoms with E-state index in [2.05, 4.69) is 21.2 Å². The Morgan fingerprint density at radius 3 is 2.48 bits per heavy atom. The van der Waals surface area contributed by atoms with Crippen LogP contribution in [-0.2, 0) is 16.0 Å². The molecule has 2 aromatic rings. The Bertz CT molecular complexity index is 876. The van der Waals surface area contributed by atoms with Gasteiger partial charge in [0.1, 0.15) is 11.4 Å². The summed E-state index contributed by atoms with van der Waals surface area (Å²) in [7, 11) is 0. The summed E-state index contributed by atoms with van der Waals surface area (Å²) >= 11 is 4.69. The lowest BCUT2D eigenvalue weighted by Crippen LogP contribution is -2.54. The molecule has 0 aliphatic carbocycles. The number of carbonyl (C=O) groups is 3. The van der Waals surface area contributed by atoms with E-state index in [1.54, 1.807) is 24.3 Å². The van der Waals surface area contributed by atoms with Crippen LogP contribution in [0, 0.1) is 5.82 Å². The lowest BCUT2D eigenvalue weighted by molar-refractivity contribution is -0.130. The van der Waals surface area contributed by atoms with Crippen molar-refractivity contribution in [3.8, 4) is 0 Å². The first-order valence-electron chi connectivity index (χ1n) is 7.32. The van der Waals surface area contributed by atoms with Gasteiger partial charge < -0.3 is 0 Å². The quantitative estimate of drug-likeness (QED) is 0.606. The summed E-state index contributed by atoms with van der Waals surface area (Å²) in [6.45, 7) is 0.0923. The van der Waals surface area contributed by atoms with Crippen molar-refractivity contribution < 1.29 is 18.8 Å². The minimum atomic E-state index is -0.748. The largest absolute Gasteiger partial charge is 0.331 e. The summed E-state index contributed by atoms with van der Waals surface area (Å²) in [4.78, 5) is 38.2. The summed E-state index contributed by atoms with van der Waals surface area (Å²) < 4.78 is 13.8. The fourth-order valence-corrected chi connectivity index (χ4v) is 3.70. The Hall–Kier alpha value is -2.32. The number of benzene rings is 1. The maximum absolute atomic E-state index is 12.9. The molecule has 0 unspecified atom stereocenters. The van der Waals surface area contributed by atoms with Crippen LogP contribution < -0.4 is 5.32 Å². The van der Waals surface area contributed by atoms with Crippen molar-refractivity contribution in [3.05, 3.63) is 62.0 Å². The number of halogens is 2. The summed E-state index contributed by atoms with van der Waals surface area (Å²) in [5, 5.41) is 2.17. The first-order valence-corrected chi connectivity index (χ1v) is 8.93. The molecular weight excluding hydrogens is 411 g/mol. The molecule has 3 rings (SSSR count). The number of nitrogens with zero attached hydrogens (tertiary/aromatic N) is 1. The second-order valence-corrected chi connectivity index (χ2v) is 7.79. The Labute approximate surface area is 155 Å². The van der Waals surface area contributed by atoms with Crippen LogP contribution in [0.1, 0.15) is 10.4 Å². The van der Waals surface area contributed by atoms with Crippen LogP contribution >= 0.6 is 27.3 Å². The number of urea groups is 1. The molecule has 0 spiro atoms. The van der Waals surface area contributed by atoms with E-state index < -0.39 is 17.8 Å². The van der Waals surface area contributed by atoms with Gasteiger partial charge in [-0.3, -0.25) is 19.8 Å². The van der Waals surface area contributed by atoms with Gasteiger partial charge in [0.25, 0.3) is 11.8 Å². The van der Waals surface area contributed by atoms with Crippen molar-refractivity contribution in [2.45, 2.75) is 6.42 Å². The van der Waals surface area contributed by atoms with Crippen molar-refractivity contribution in [2.75, 3.05) is 6.54 Å². The maximum Gasteiger partial charge on any atom is 0.331 e. The summed E-state index contributed by atoms with van der Waals surface area (Å²) in [6, 6.07) is 8.64. The molecule has 0 atom stereocenters. The van der Waals surface area contributed by atoms with E-state index in [0.29, 0.717) is 6.42 Å². The second kappa shape index (κ2) is 7.28. The van der Waals surface area contributed by atoms with E-state index in [0.717, 1.165) is 19.1 Å².